The van der Waals surface area contributed by atoms with Crippen molar-refractivity contribution in [3.63, 3.8) is 0 Å². The summed E-state index contributed by atoms with van der Waals surface area (Å²) in [7, 11) is 0. The molecule has 1 aliphatic carbocycles. The van der Waals surface area contributed by atoms with Crippen molar-refractivity contribution in [3.05, 3.63) is 57.5 Å². The van der Waals surface area contributed by atoms with Crippen molar-refractivity contribution in [3.8, 4) is 10.6 Å². The topological polar surface area (TPSA) is 92.7 Å². The maximum atomic E-state index is 12.2. The van der Waals surface area contributed by atoms with Crippen LogP contribution < -0.4 is 10.9 Å². The van der Waals surface area contributed by atoms with Crippen LogP contribution in [0.5, 0.6) is 0 Å². The van der Waals surface area contributed by atoms with Gasteiger partial charge in [-0.05, 0) is 36.4 Å². The summed E-state index contributed by atoms with van der Waals surface area (Å²) in [6.45, 7) is 0.661. The summed E-state index contributed by atoms with van der Waals surface area (Å²) >= 11 is 1.58. The summed E-state index contributed by atoms with van der Waals surface area (Å²) in [5, 5.41) is 16.0. The van der Waals surface area contributed by atoms with Gasteiger partial charge in [0.2, 0.25) is 0 Å². The van der Waals surface area contributed by atoms with Gasteiger partial charge in [-0.25, -0.2) is 4.68 Å². The zero-order chi connectivity index (χ0) is 17.2. The molecule has 0 aromatic carbocycles. The van der Waals surface area contributed by atoms with Crippen LogP contribution in [0, 0.1) is 0 Å². The predicted octanol–water partition coefficient (Wildman–Crippen LogP) is 2.00. The Morgan fingerprint density at radius 3 is 3.00 bits per heavy atom. The number of hydrogen-bond acceptors (Lipinski definition) is 5. The molecule has 3 heterocycles. The van der Waals surface area contributed by atoms with Crippen molar-refractivity contribution < 1.29 is 4.79 Å². The van der Waals surface area contributed by atoms with Gasteiger partial charge in [0, 0.05) is 18.5 Å². The molecule has 1 fully saturated rings. The lowest BCUT2D eigenvalue weighted by Crippen LogP contribution is -2.32. The minimum Gasteiger partial charge on any atom is -0.349 e. The van der Waals surface area contributed by atoms with Gasteiger partial charge in [0.1, 0.15) is 0 Å². The molecule has 0 unspecified atom stereocenters. The second-order valence-electron chi connectivity index (χ2n) is 5.99. The molecule has 7 nitrogen and oxygen atoms in total. The van der Waals surface area contributed by atoms with Crippen LogP contribution >= 0.6 is 11.3 Å². The molecule has 1 saturated carbocycles. The van der Waals surface area contributed by atoms with Gasteiger partial charge in [-0.2, -0.15) is 10.2 Å². The smallest absolute Gasteiger partial charge is 0.271 e. The second-order valence-corrected chi connectivity index (χ2v) is 6.94. The van der Waals surface area contributed by atoms with Gasteiger partial charge >= 0.3 is 0 Å². The molecule has 0 radical (unpaired) electrons. The molecule has 3 aromatic rings. The SMILES string of the molecule is O=C(NCCn1nc(C2CC2)ccc1=O)c1cc(-c2cccs2)[nH]n1. The number of aromatic amines is 1. The summed E-state index contributed by atoms with van der Waals surface area (Å²) < 4.78 is 1.41. The van der Waals surface area contributed by atoms with Crippen LogP contribution in [0.15, 0.2) is 40.5 Å². The fraction of sp³-hybridized carbons (Fsp3) is 0.294. The van der Waals surface area contributed by atoms with Gasteiger partial charge in [-0.15, -0.1) is 11.3 Å². The van der Waals surface area contributed by atoms with Crippen LogP contribution in [0.2, 0.25) is 0 Å². The Labute approximate surface area is 147 Å². The number of rotatable bonds is 6. The van der Waals surface area contributed by atoms with Crippen molar-refractivity contribution in [2.45, 2.75) is 25.3 Å². The minimum absolute atomic E-state index is 0.154. The van der Waals surface area contributed by atoms with Crippen LogP contribution in [-0.2, 0) is 6.54 Å². The maximum absolute atomic E-state index is 12.2. The Balaban J connectivity index is 1.36. The first-order valence-corrected chi connectivity index (χ1v) is 9.04. The van der Waals surface area contributed by atoms with E-state index in [-0.39, 0.29) is 11.5 Å². The fourth-order valence-electron chi connectivity index (χ4n) is 2.58. The number of carbonyl (C=O) groups excluding carboxylic acids is 1. The highest BCUT2D eigenvalue weighted by Crippen LogP contribution is 2.38. The summed E-state index contributed by atoms with van der Waals surface area (Å²) in [6, 6.07) is 8.97. The molecule has 8 heteroatoms. The third-order valence-electron chi connectivity index (χ3n) is 4.09. The third kappa shape index (κ3) is 3.53. The highest BCUT2D eigenvalue weighted by atomic mass is 32.1. The lowest BCUT2D eigenvalue weighted by atomic mass is 10.3. The van der Waals surface area contributed by atoms with Crippen molar-refractivity contribution >= 4 is 17.2 Å². The Bertz CT molecular complexity index is 940. The highest BCUT2D eigenvalue weighted by molar-refractivity contribution is 7.13. The van der Waals surface area contributed by atoms with Crippen LogP contribution in [-0.4, -0.2) is 32.4 Å². The Hall–Kier alpha value is -2.74. The molecule has 0 bridgehead atoms. The van der Waals surface area contributed by atoms with E-state index in [2.05, 4.69) is 20.6 Å². The Morgan fingerprint density at radius 1 is 1.36 bits per heavy atom. The van der Waals surface area contributed by atoms with E-state index < -0.39 is 0 Å². The monoisotopic (exact) mass is 355 g/mol. The minimum atomic E-state index is -0.273. The first-order chi connectivity index (χ1) is 12.2. The molecule has 25 heavy (non-hydrogen) atoms. The zero-order valence-corrected chi connectivity index (χ0v) is 14.3. The van der Waals surface area contributed by atoms with Crippen LogP contribution in [0.4, 0.5) is 0 Å². The van der Waals surface area contributed by atoms with Gasteiger partial charge in [0.15, 0.2) is 5.69 Å². The average Bonchev–Trinajstić information content (AvgIpc) is 3.11. The van der Waals surface area contributed by atoms with Gasteiger partial charge < -0.3 is 5.32 Å². The quantitative estimate of drug-likeness (QED) is 0.707. The standard InChI is InChI=1S/C17H17N5O2S/c23-16-6-5-12(11-3-4-11)21-22(16)8-7-18-17(24)14-10-13(19-20-14)15-2-1-9-25-15/h1-2,5-6,9-11H,3-4,7-8H2,(H,18,24)(H,19,20). The van der Waals surface area contributed by atoms with Crippen molar-refractivity contribution in [1.82, 2.24) is 25.3 Å². The summed E-state index contributed by atoms with van der Waals surface area (Å²) in [6.07, 6.45) is 2.27. The molecular formula is C17H17N5O2S. The fourth-order valence-corrected chi connectivity index (χ4v) is 3.28. The number of hydrogen-bond donors (Lipinski definition) is 2. The normalized spacial score (nSPS) is 13.8. The van der Waals surface area contributed by atoms with E-state index in [1.54, 1.807) is 29.5 Å². The van der Waals surface area contributed by atoms with Gasteiger partial charge in [-0.1, -0.05) is 6.07 Å². The molecule has 1 amide bonds. The van der Waals surface area contributed by atoms with E-state index >= 15 is 0 Å². The molecule has 4 rings (SSSR count). The highest BCUT2D eigenvalue weighted by Gasteiger charge is 2.25. The molecule has 0 atom stereocenters. The van der Waals surface area contributed by atoms with E-state index in [1.807, 2.05) is 17.5 Å². The number of nitrogens with zero attached hydrogens (tertiary/aromatic N) is 3. The number of nitrogens with one attached hydrogen (secondary N) is 2. The average molecular weight is 355 g/mol. The van der Waals surface area contributed by atoms with Gasteiger partial charge in [-0.3, -0.25) is 14.7 Å². The molecule has 128 valence electrons. The van der Waals surface area contributed by atoms with Crippen LogP contribution in [0.25, 0.3) is 10.6 Å². The first kappa shape index (κ1) is 15.8. The number of carbonyl (C=O) groups is 1. The van der Waals surface area contributed by atoms with E-state index in [9.17, 15) is 9.59 Å². The van der Waals surface area contributed by atoms with Crippen molar-refractivity contribution in [2.24, 2.45) is 0 Å². The van der Waals surface area contributed by atoms with Gasteiger partial charge in [0.05, 0.1) is 22.8 Å². The molecule has 3 aromatic heterocycles. The van der Waals surface area contributed by atoms with E-state index in [0.717, 1.165) is 29.1 Å². The Kier molecular flexibility index (Phi) is 4.19. The maximum Gasteiger partial charge on any atom is 0.271 e. The van der Waals surface area contributed by atoms with E-state index in [4.69, 9.17) is 0 Å². The summed E-state index contributed by atoms with van der Waals surface area (Å²) in [4.78, 5) is 25.1. The zero-order valence-electron chi connectivity index (χ0n) is 13.4. The second kappa shape index (κ2) is 6.64. The van der Waals surface area contributed by atoms with Crippen LogP contribution in [0.1, 0.15) is 34.9 Å². The number of amides is 1. The molecule has 1 aliphatic rings. The van der Waals surface area contributed by atoms with Crippen molar-refractivity contribution in [1.29, 1.82) is 0 Å². The molecule has 2 N–H and O–H groups in total. The summed E-state index contributed by atoms with van der Waals surface area (Å²) in [5.41, 5.74) is 1.95. The molecular weight excluding hydrogens is 338 g/mol. The number of thiophene rings is 1. The number of H-pyrrole nitrogens is 1. The largest absolute Gasteiger partial charge is 0.349 e. The summed E-state index contributed by atoms with van der Waals surface area (Å²) in [5.74, 6) is 0.214. The lowest BCUT2D eigenvalue weighted by molar-refractivity contribution is 0.0946. The molecule has 0 saturated heterocycles. The third-order valence-corrected chi connectivity index (χ3v) is 4.99. The lowest BCUT2D eigenvalue weighted by Gasteiger charge is -2.07. The molecule has 0 aliphatic heterocycles. The first-order valence-electron chi connectivity index (χ1n) is 8.16. The van der Waals surface area contributed by atoms with Gasteiger partial charge in [0.25, 0.3) is 11.5 Å². The Morgan fingerprint density at radius 2 is 2.24 bits per heavy atom. The predicted molar refractivity (Wildman–Crippen MR) is 94.7 cm³/mol. The molecule has 0 spiro atoms. The van der Waals surface area contributed by atoms with Crippen molar-refractivity contribution in [2.75, 3.05) is 6.54 Å². The van der Waals surface area contributed by atoms with E-state index in [0.29, 0.717) is 24.7 Å². The van der Waals surface area contributed by atoms with Crippen LogP contribution in [0.3, 0.4) is 0 Å². The van der Waals surface area contributed by atoms with E-state index in [1.165, 1.54) is 4.68 Å². The number of aromatic nitrogens is 4.